The molecule has 0 aliphatic carbocycles. The fraction of sp³-hybridized carbons (Fsp3) is 0.429. The van der Waals surface area contributed by atoms with Crippen molar-refractivity contribution in [1.82, 2.24) is 0 Å². The Balaban J connectivity index is 2.38. The van der Waals surface area contributed by atoms with E-state index in [1.807, 2.05) is 30.0 Å². The molecule has 2 rings (SSSR count). The number of fused-ring (bicyclic) bond motifs is 1. The van der Waals surface area contributed by atoms with E-state index < -0.39 is 0 Å². The normalized spacial score (nSPS) is 15.3. The molecule has 1 heterocycles. The van der Waals surface area contributed by atoms with E-state index in [2.05, 4.69) is 4.99 Å². The van der Waals surface area contributed by atoms with Crippen LogP contribution in [0.5, 0.6) is 0 Å². The van der Waals surface area contributed by atoms with E-state index in [1.165, 1.54) is 5.56 Å². The van der Waals surface area contributed by atoms with Crippen LogP contribution in [-0.4, -0.2) is 24.2 Å². The maximum atomic E-state index is 12.0. The van der Waals surface area contributed by atoms with Crippen molar-refractivity contribution in [3.05, 3.63) is 23.8 Å². The second-order valence-electron chi connectivity index (χ2n) is 4.55. The van der Waals surface area contributed by atoms with E-state index in [0.29, 0.717) is 12.3 Å². The molecule has 0 fully saturated rings. The first-order valence-electron chi connectivity index (χ1n) is 6.48. The van der Waals surface area contributed by atoms with Gasteiger partial charge in [-0.25, -0.2) is 4.99 Å². The molecule has 19 heavy (non-hydrogen) atoms. The van der Waals surface area contributed by atoms with Gasteiger partial charge in [0.1, 0.15) is 5.84 Å². The highest BCUT2D eigenvalue weighted by Crippen LogP contribution is 2.31. The third-order valence-corrected chi connectivity index (χ3v) is 3.47. The largest absolute Gasteiger partial charge is 0.386 e. The molecule has 1 aromatic carbocycles. The fourth-order valence-corrected chi connectivity index (χ4v) is 2.34. The molecule has 0 saturated heterocycles. The molecule has 0 unspecified atom stereocenters. The Bertz CT molecular complexity index is 513. The van der Waals surface area contributed by atoms with Crippen molar-refractivity contribution in [2.75, 3.05) is 17.3 Å². The second kappa shape index (κ2) is 6.06. The number of amidine groups is 1. The average Bonchev–Trinajstić information content (AvgIpc) is 2.45. The van der Waals surface area contributed by atoms with Crippen molar-refractivity contribution in [3.8, 4) is 0 Å². The number of benzene rings is 1. The summed E-state index contributed by atoms with van der Waals surface area (Å²) in [6.45, 7) is 2.65. The Hall–Kier alpha value is -1.55. The average molecular weight is 280 g/mol. The van der Waals surface area contributed by atoms with Crippen molar-refractivity contribution in [1.29, 1.82) is 0 Å². The van der Waals surface area contributed by atoms with Gasteiger partial charge in [-0.1, -0.05) is 13.0 Å². The molecule has 0 bridgehead atoms. The molecule has 0 aromatic heterocycles. The van der Waals surface area contributed by atoms with Gasteiger partial charge in [-0.15, -0.1) is 11.6 Å². The highest BCUT2D eigenvalue weighted by Gasteiger charge is 2.21. The predicted molar refractivity (Wildman–Crippen MR) is 79.4 cm³/mol. The first-order valence-corrected chi connectivity index (χ1v) is 7.01. The Labute approximate surface area is 118 Å². The topological polar surface area (TPSA) is 58.7 Å². The van der Waals surface area contributed by atoms with Crippen LogP contribution in [0, 0.1) is 0 Å². The maximum absolute atomic E-state index is 12.0. The molecule has 1 aliphatic rings. The molecular formula is C14H18ClN3O. The number of aryl methyl sites for hydroxylation is 1. The van der Waals surface area contributed by atoms with Crippen LogP contribution in [0.3, 0.4) is 0 Å². The minimum Gasteiger partial charge on any atom is -0.386 e. The lowest BCUT2D eigenvalue weighted by Gasteiger charge is -2.29. The van der Waals surface area contributed by atoms with Gasteiger partial charge in [-0.3, -0.25) is 4.79 Å². The molecule has 0 radical (unpaired) electrons. The quantitative estimate of drug-likeness (QED) is 0.525. The second-order valence-corrected chi connectivity index (χ2v) is 4.82. The molecule has 102 valence electrons. The van der Waals surface area contributed by atoms with Crippen molar-refractivity contribution >= 4 is 34.7 Å². The van der Waals surface area contributed by atoms with E-state index in [-0.39, 0.29) is 11.8 Å². The van der Waals surface area contributed by atoms with Gasteiger partial charge < -0.3 is 10.6 Å². The van der Waals surface area contributed by atoms with E-state index >= 15 is 0 Å². The van der Waals surface area contributed by atoms with Crippen LogP contribution >= 0.6 is 11.6 Å². The number of aliphatic imine (C=N–C) groups is 1. The zero-order valence-corrected chi connectivity index (χ0v) is 11.8. The number of carbonyl (C=O) groups excluding carboxylic acids is 1. The number of nitrogens with zero attached hydrogens (tertiary/aromatic N) is 2. The molecule has 1 aliphatic heterocycles. The van der Waals surface area contributed by atoms with Crippen LogP contribution in [0.1, 0.15) is 25.3 Å². The fourth-order valence-electron chi connectivity index (χ4n) is 2.28. The summed E-state index contributed by atoms with van der Waals surface area (Å²) in [5, 5.41) is 0. The van der Waals surface area contributed by atoms with Gasteiger partial charge in [-0.2, -0.15) is 0 Å². The van der Waals surface area contributed by atoms with Gasteiger partial charge in [0.25, 0.3) is 0 Å². The summed E-state index contributed by atoms with van der Waals surface area (Å²) in [4.78, 5) is 18.0. The standard InChI is InChI=1S/C14H18ClN3O/c1-2-14(19)18-7-3-4-10-5-6-11(8-12(10)18)17-13(16)9-15/h5-6,8H,2-4,7,9H2,1H3,(H2,16,17). The summed E-state index contributed by atoms with van der Waals surface area (Å²) in [6.07, 6.45) is 2.51. The lowest BCUT2D eigenvalue weighted by atomic mass is 10.0. The summed E-state index contributed by atoms with van der Waals surface area (Å²) in [5.74, 6) is 0.729. The maximum Gasteiger partial charge on any atom is 0.226 e. The third-order valence-electron chi connectivity index (χ3n) is 3.20. The van der Waals surface area contributed by atoms with Crippen LogP contribution < -0.4 is 10.6 Å². The SMILES string of the molecule is CCC(=O)N1CCCc2ccc(N=C(N)CCl)cc21. The predicted octanol–water partition coefficient (Wildman–Crippen LogP) is 2.60. The first kappa shape index (κ1) is 13.9. The van der Waals surface area contributed by atoms with Crippen LogP contribution in [-0.2, 0) is 11.2 Å². The lowest BCUT2D eigenvalue weighted by Crippen LogP contribution is -2.34. The van der Waals surface area contributed by atoms with Crippen molar-refractivity contribution in [3.63, 3.8) is 0 Å². The van der Waals surface area contributed by atoms with Gasteiger partial charge in [-0.05, 0) is 30.5 Å². The Morgan fingerprint density at radius 1 is 1.53 bits per heavy atom. The summed E-state index contributed by atoms with van der Waals surface area (Å²) in [7, 11) is 0. The van der Waals surface area contributed by atoms with Gasteiger partial charge >= 0.3 is 0 Å². The number of alkyl halides is 1. The van der Waals surface area contributed by atoms with Gasteiger partial charge in [0.05, 0.1) is 11.6 Å². The number of halogens is 1. The summed E-state index contributed by atoms with van der Waals surface area (Å²) in [5.41, 5.74) is 8.53. The number of nitrogens with two attached hydrogens (primary N) is 1. The number of hydrogen-bond acceptors (Lipinski definition) is 2. The van der Waals surface area contributed by atoms with Gasteiger partial charge in [0.15, 0.2) is 0 Å². The van der Waals surface area contributed by atoms with Crippen LogP contribution in [0.2, 0.25) is 0 Å². The van der Waals surface area contributed by atoms with Crippen LogP contribution in [0.4, 0.5) is 11.4 Å². The lowest BCUT2D eigenvalue weighted by molar-refractivity contribution is -0.118. The Kier molecular flexibility index (Phi) is 4.43. The Morgan fingerprint density at radius 3 is 3.00 bits per heavy atom. The number of carbonyl (C=O) groups is 1. The monoisotopic (exact) mass is 279 g/mol. The minimum atomic E-state index is 0.146. The van der Waals surface area contributed by atoms with Crippen molar-refractivity contribution in [2.24, 2.45) is 10.7 Å². The summed E-state index contributed by atoms with van der Waals surface area (Å²) >= 11 is 5.63. The molecule has 0 atom stereocenters. The van der Waals surface area contributed by atoms with E-state index in [9.17, 15) is 4.79 Å². The highest BCUT2D eigenvalue weighted by atomic mass is 35.5. The molecule has 0 spiro atoms. The minimum absolute atomic E-state index is 0.146. The molecule has 1 aromatic rings. The molecule has 5 heteroatoms. The number of rotatable bonds is 3. The summed E-state index contributed by atoms with van der Waals surface area (Å²) < 4.78 is 0. The Morgan fingerprint density at radius 2 is 2.32 bits per heavy atom. The molecular weight excluding hydrogens is 262 g/mol. The zero-order valence-electron chi connectivity index (χ0n) is 11.0. The van der Waals surface area contributed by atoms with Gasteiger partial charge in [0, 0.05) is 18.7 Å². The molecule has 1 amide bonds. The molecule has 4 nitrogen and oxygen atoms in total. The van der Waals surface area contributed by atoms with Crippen LogP contribution in [0.25, 0.3) is 0 Å². The first-order chi connectivity index (χ1) is 9.15. The van der Waals surface area contributed by atoms with E-state index in [4.69, 9.17) is 17.3 Å². The summed E-state index contributed by atoms with van der Waals surface area (Å²) in [6, 6.07) is 5.85. The zero-order chi connectivity index (χ0) is 13.8. The third kappa shape index (κ3) is 3.07. The molecule has 0 saturated carbocycles. The van der Waals surface area contributed by atoms with E-state index in [1.54, 1.807) is 0 Å². The van der Waals surface area contributed by atoms with Crippen LogP contribution in [0.15, 0.2) is 23.2 Å². The van der Waals surface area contributed by atoms with E-state index in [0.717, 1.165) is 30.8 Å². The number of amides is 1. The highest BCUT2D eigenvalue weighted by molar-refractivity contribution is 6.28. The smallest absolute Gasteiger partial charge is 0.226 e. The van der Waals surface area contributed by atoms with Crippen molar-refractivity contribution < 1.29 is 4.79 Å². The number of anilines is 1. The van der Waals surface area contributed by atoms with Crippen molar-refractivity contribution in [2.45, 2.75) is 26.2 Å². The number of hydrogen-bond donors (Lipinski definition) is 1. The molecule has 2 N–H and O–H groups in total. The van der Waals surface area contributed by atoms with Gasteiger partial charge in [0.2, 0.25) is 5.91 Å².